The topological polar surface area (TPSA) is 25.2 Å². The molecule has 1 N–H and O–H groups in total. The Bertz CT molecular complexity index is 341. The van der Waals surface area contributed by atoms with E-state index in [0.29, 0.717) is 5.56 Å². The predicted molar refractivity (Wildman–Crippen MR) is 48.2 cm³/mol. The summed E-state index contributed by atoms with van der Waals surface area (Å²) < 4.78 is 37.2. The first kappa shape index (κ1) is 10.5. The second-order valence-electron chi connectivity index (χ2n) is 4.01. The Morgan fingerprint density at radius 1 is 1.47 bits per heavy atom. The van der Waals surface area contributed by atoms with Gasteiger partial charge in [-0.25, -0.2) is 0 Å². The maximum absolute atomic E-state index is 12.0. The summed E-state index contributed by atoms with van der Waals surface area (Å²) in [6, 6.07) is 1.55. The third-order valence-corrected chi connectivity index (χ3v) is 2.55. The van der Waals surface area contributed by atoms with E-state index in [0.717, 1.165) is 17.4 Å². The lowest BCUT2D eigenvalue weighted by atomic mass is 10.1. The van der Waals surface area contributed by atoms with Crippen LogP contribution < -0.4 is 0 Å². The molecule has 1 aromatic rings. The lowest BCUT2D eigenvalue weighted by Crippen LogP contribution is -2.16. The summed E-state index contributed by atoms with van der Waals surface area (Å²) in [6.45, 7) is -0.996. The van der Waals surface area contributed by atoms with Crippen LogP contribution in [0.2, 0.25) is 0 Å². The number of nitrogens with zero attached hydrogens (tertiary/aromatic N) is 1. The lowest BCUT2D eigenvalue weighted by Gasteiger charge is -2.08. The van der Waals surface area contributed by atoms with Crippen molar-refractivity contribution in [2.75, 3.05) is 0 Å². The van der Waals surface area contributed by atoms with Crippen molar-refractivity contribution in [3.8, 4) is 0 Å². The number of aliphatic hydroxyl groups is 1. The summed E-state index contributed by atoms with van der Waals surface area (Å²) in [5.74, 6) is 0.242. The fraction of sp³-hybridized carbons (Fsp3) is 0.600. The van der Waals surface area contributed by atoms with Gasteiger partial charge in [0.2, 0.25) is 0 Å². The monoisotopic (exact) mass is 219 g/mol. The van der Waals surface area contributed by atoms with Crippen molar-refractivity contribution < 1.29 is 18.3 Å². The highest BCUT2D eigenvalue weighted by molar-refractivity contribution is 5.16. The van der Waals surface area contributed by atoms with Gasteiger partial charge in [0, 0.05) is 12.4 Å². The van der Waals surface area contributed by atoms with E-state index in [2.05, 4.69) is 0 Å². The molecule has 1 heterocycles. The van der Waals surface area contributed by atoms with Crippen molar-refractivity contribution in [2.45, 2.75) is 31.7 Å². The molecule has 2 nitrogen and oxygen atoms in total. The van der Waals surface area contributed by atoms with Crippen LogP contribution in [0, 0.1) is 5.92 Å². The highest BCUT2D eigenvalue weighted by Gasteiger charge is 2.32. The fourth-order valence-electron chi connectivity index (χ4n) is 1.62. The smallest absolute Gasteiger partial charge is 0.388 e. The molecule has 1 aromatic heterocycles. The predicted octanol–water partition coefficient (Wildman–Crippen LogP) is 2.49. The van der Waals surface area contributed by atoms with Crippen LogP contribution in [0.5, 0.6) is 0 Å². The van der Waals surface area contributed by atoms with Gasteiger partial charge in [-0.05, 0) is 30.4 Å². The van der Waals surface area contributed by atoms with E-state index < -0.39 is 18.8 Å². The van der Waals surface area contributed by atoms with Gasteiger partial charge in [0.1, 0.15) is 6.54 Å². The molecule has 0 bridgehead atoms. The summed E-state index contributed by atoms with van der Waals surface area (Å²) in [4.78, 5) is 0. The van der Waals surface area contributed by atoms with Crippen molar-refractivity contribution >= 4 is 0 Å². The third-order valence-electron chi connectivity index (χ3n) is 2.55. The molecule has 1 aliphatic carbocycles. The van der Waals surface area contributed by atoms with Crippen molar-refractivity contribution in [2.24, 2.45) is 5.92 Å². The second kappa shape index (κ2) is 3.56. The van der Waals surface area contributed by atoms with Crippen molar-refractivity contribution in [3.63, 3.8) is 0 Å². The molecule has 1 aliphatic rings. The Labute approximate surface area is 85.3 Å². The average Bonchev–Trinajstić information content (AvgIpc) is 2.85. The van der Waals surface area contributed by atoms with Gasteiger partial charge in [0.15, 0.2) is 0 Å². The van der Waals surface area contributed by atoms with Crippen LogP contribution in [0.4, 0.5) is 13.2 Å². The van der Waals surface area contributed by atoms with Crippen LogP contribution >= 0.6 is 0 Å². The zero-order chi connectivity index (χ0) is 11.1. The van der Waals surface area contributed by atoms with Crippen LogP contribution in [0.3, 0.4) is 0 Å². The minimum Gasteiger partial charge on any atom is -0.388 e. The quantitative estimate of drug-likeness (QED) is 0.830. The zero-order valence-electron chi connectivity index (χ0n) is 8.04. The normalized spacial score (nSPS) is 19.2. The Morgan fingerprint density at radius 3 is 2.67 bits per heavy atom. The fourth-order valence-corrected chi connectivity index (χ4v) is 1.62. The molecule has 1 unspecified atom stereocenters. The molecule has 5 heteroatoms. The molecule has 0 amide bonds. The number of hydrogen-bond donors (Lipinski definition) is 1. The summed E-state index contributed by atoms with van der Waals surface area (Å²) >= 11 is 0. The number of rotatable bonds is 3. The van der Waals surface area contributed by atoms with Gasteiger partial charge in [-0.15, -0.1) is 0 Å². The summed E-state index contributed by atoms with van der Waals surface area (Å²) in [6.07, 6.45) is -0.150. The van der Waals surface area contributed by atoms with Gasteiger partial charge in [0.25, 0.3) is 0 Å². The average molecular weight is 219 g/mol. The van der Waals surface area contributed by atoms with E-state index in [1.807, 2.05) is 0 Å². The third kappa shape index (κ3) is 2.75. The van der Waals surface area contributed by atoms with Gasteiger partial charge >= 0.3 is 6.18 Å². The number of halogens is 3. The van der Waals surface area contributed by atoms with Crippen LogP contribution in [0.15, 0.2) is 18.5 Å². The minimum absolute atomic E-state index is 0.242. The summed E-state index contributed by atoms with van der Waals surface area (Å²) in [7, 11) is 0. The minimum atomic E-state index is -4.21. The van der Waals surface area contributed by atoms with Gasteiger partial charge in [0.05, 0.1) is 6.10 Å². The summed E-state index contributed by atoms with van der Waals surface area (Å²) in [5, 5.41) is 9.68. The molecular formula is C10H12F3NO. The molecule has 0 saturated heterocycles. The van der Waals surface area contributed by atoms with Gasteiger partial charge in [-0.1, -0.05) is 0 Å². The molecule has 0 radical (unpaired) electrons. The van der Waals surface area contributed by atoms with E-state index in [-0.39, 0.29) is 5.92 Å². The molecule has 0 aliphatic heterocycles. The first-order chi connectivity index (χ1) is 6.96. The van der Waals surface area contributed by atoms with E-state index in [1.54, 1.807) is 6.07 Å². The van der Waals surface area contributed by atoms with Gasteiger partial charge in [-0.2, -0.15) is 13.2 Å². The van der Waals surface area contributed by atoms with Crippen molar-refractivity contribution in [1.29, 1.82) is 0 Å². The van der Waals surface area contributed by atoms with Crippen LogP contribution in [0.1, 0.15) is 24.5 Å². The first-order valence-electron chi connectivity index (χ1n) is 4.86. The highest BCUT2D eigenvalue weighted by atomic mass is 19.4. The number of aliphatic hydroxyl groups excluding tert-OH is 1. The standard InChI is InChI=1S/C10H12F3NO/c11-10(12,13)6-14-4-3-8(5-14)9(15)7-1-2-7/h3-5,7,9,15H,1-2,6H2. The number of hydrogen-bond acceptors (Lipinski definition) is 1. The van der Waals surface area contributed by atoms with Gasteiger partial charge in [-0.3, -0.25) is 0 Å². The van der Waals surface area contributed by atoms with Crippen molar-refractivity contribution in [1.82, 2.24) is 4.57 Å². The van der Waals surface area contributed by atoms with Crippen molar-refractivity contribution in [3.05, 3.63) is 24.0 Å². The first-order valence-corrected chi connectivity index (χ1v) is 4.86. The van der Waals surface area contributed by atoms with Crippen LogP contribution in [0.25, 0.3) is 0 Å². The maximum atomic E-state index is 12.0. The zero-order valence-corrected chi connectivity index (χ0v) is 8.04. The molecule has 84 valence electrons. The lowest BCUT2D eigenvalue weighted by molar-refractivity contribution is -0.140. The van der Waals surface area contributed by atoms with Gasteiger partial charge < -0.3 is 9.67 Å². The van der Waals surface area contributed by atoms with E-state index in [1.165, 1.54) is 12.4 Å². The van der Waals surface area contributed by atoms with Crippen LogP contribution in [-0.4, -0.2) is 15.8 Å². The van der Waals surface area contributed by atoms with Crippen LogP contribution in [-0.2, 0) is 6.54 Å². The summed E-state index contributed by atoms with van der Waals surface area (Å²) in [5.41, 5.74) is 0.585. The Balaban J connectivity index is 2.03. The Morgan fingerprint density at radius 2 is 2.13 bits per heavy atom. The number of aromatic nitrogens is 1. The van der Waals surface area contributed by atoms with E-state index >= 15 is 0 Å². The Kier molecular flexibility index (Phi) is 2.50. The Hall–Kier alpha value is -0.970. The van der Waals surface area contributed by atoms with E-state index in [4.69, 9.17) is 0 Å². The molecule has 15 heavy (non-hydrogen) atoms. The molecule has 1 fully saturated rings. The maximum Gasteiger partial charge on any atom is 0.406 e. The molecule has 1 saturated carbocycles. The van der Waals surface area contributed by atoms with E-state index in [9.17, 15) is 18.3 Å². The molecular weight excluding hydrogens is 207 g/mol. The highest BCUT2D eigenvalue weighted by Crippen LogP contribution is 2.40. The molecule has 1 atom stereocenters. The molecule has 0 aromatic carbocycles. The second-order valence-corrected chi connectivity index (χ2v) is 4.01. The SMILES string of the molecule is OC(c1ccn(CC(F)(F)F)c1)C1CC1. The molecule has 2 rings (SSSR count). The molecule has 0 spiro atoms. The largest absolute Gasteiger partial charge is 0.406 e. The number of alkyl halides is 3.